The number of β-lactam (4-membered cyclic amide) rings is 1. The molecule has 1 aromatic carbocycles. The van der Waals surface area contributed by atoms with Crippen molar-refractivity contribution in [3.63, 3.8) is 0 Å². The third-order valence-corrected chi connectivity index (χ3v) is 5.84. The molecule has 0 bridgehead atoms. The van der Waals surface area contributed by atoms with Gasteiger partial charge in [-0.25, -0.2) is 0 Å². The molecule has 7 nitrogen and oxygen atoms in total. The van der Waals surface area contributed by atoms with Crippen molar-refractivity contribution in [2.45, 2.75) is 44.8 Å². The lowest BCUT2D eigenvalue weighted by atomic mass is 9.75. The second kappa shape index (κ2) is 10.9. The molecule has 2 heterocycles. The Morgan fingerprint density at radius 1 is 1.12 bits per heavy atom. The van der Waals surface area contributed by atoms with Crippen LogP contribution in [0, 0.1) is 5.92 Å². The van der Waals surface area contributed by atoms with E-state index in [2.05, 4.69) is 31.0 Å². The van der Waals surface area contributed by atoms with Gasteiger partial charge in [0.05, 0.1) is 13.2 Å². The van der Waals surface area contributed by atoms with E-state index in [1.54, 1.807) is 26.2 Å². The number of ether oxygens (including phenoxy) is 4. The predicted molar refractivity (Wildman–Crippen MR) is 121 cm³/mol. The van der Waals surface area contributed by atoms with Crippen LogP contribution in [0.5, 0.6) is 5.75 Å². The molecule has 1 saturated heterocycles. The van der Waals surface area contributed by atoms with Crippen LogP contribution in [-0.2, 0) is 31.8 Å². The third-order valence-electron chi connectivity index (χ3n) is 5.84. The number of benzene rings is 1. The van der Waals surface area contributed by atoms with Crippen molar-refractivity contribution in [1.29, 1.82) is 0 Å². The Labute approximate surface area is 190 Å². The van der Waals surface area contributed by atoms with Crippen LogP contribution >= 0.6 is 0 Å². The fourth-order valence-electron chi connectivity index (χ4n) is 4.34. The monoisotopic (exact) mass is 442 g/mol. The highest BCUT2D eigenvalue weighted by Crippen LogP contribution is 2.41. The first-order valence-corrected chi connectivity index (χ1v) is 10.9. The van der Waals surface area contributed by atoms with Crippen molar-refractivity contribution in [3.8, 4) is 5.75 Å². The van der Waals surface area contributed by atoms with E-state index in [1.165, 1.54) is 5.56 Å². The lowest BCUT2D eigenvalue weighted by Gasteiger charge is -2.55. The van der Waals surface area contributed by atoms with Gasteiger partial charge in [-0.3, -0.25) is 9.78 Å². The van der Waals surface area contributed by atoms with E-state index in [0.29, 0.717) is 12.3 Å². The molecule has 1 fully saturated rings. The molecule has 174 valence electrons. The fourth-order valence-corrected chi connectivity index (χ4v) is 4.34. The minimum atomic E-state index is -1.03. The molecule has 2 unspecified atom stereocenters. The van der Waals surface area contributed by atoms with Gasteiger partial charge >= 0.3 is 0 Å². The topological polar surface area (TPSA) is 70.1 Å². The van der Waals surface area contributed by atoms with Gasteiger partial charge in [-0.1, -0.05) is 44.2 Å². The van der Waals surface area contributed by atoms with Crippen molar-refractivity contribution in [3.05, 3.63) is 59.4 Å². The zero-order valence-corrected chi connectivity index (χ0v) is 19.7. The smallest absolute Gasteiger partial charge is 0.259 e. The molecule has 3 rings (SSSR count). The number of hydrogen-bond acceptors (Lipinski definition) is 6. The number of carbonyl (C=O) groups is 1. The van der Waals surface area contributed by atoms with Crippen molar-refractivity contribution in [1.82, 2.24) is 9.88 Å². The summed E-state index contributed by atoms with van der Waals surface area (Å²) in [5.41, 5.74) is 1.89. The number of methoxy groups -OCH3 is 3. The highest BCUT2D eigenvalue weighted by molar-refractivity contribution is 5.93. The lowest BCUT2D eigenvalue weighted by Crippen LogP contribution is -2.76. The van der Waals surface area contributed by atoms with Crippen molar-refractivity contribution < 1.29 is 23.7 Å². The molecule has 1 aliphatic rings. The van der Waals surface area contributed by atoms with Crippen molar-refractivity contribution in [2.75, 3.05) is 34.9 Å². The number of aromatic nitrogens is 1. The zero-order valence-electron chi connectivity index (χ0n) is 19.7. The maximum atomic E-state index is 13.2. The van der Waals surface area contributed by atoms with Gasteiger partial charge < -0.3 is 23.8 Å². The number of nitrogens with zero attached hydrogens (tertiary/aromatic N) is 2. The summed E-state index contributed by atoms with van der Waals surface area (Å²) in [6, 6.07) is 12.0. The first-order chi connectivity index (χ1) is 15.4. The quantitative estimate of drug-likeness (QED) is 0.370. The van der Waals surface area contributed by atoms with Crippen LogP contribution in [0.15, 0.2) is 42.6 Å². The van der Waals surface area contributed by atoms with Gasteiger partial charge in [-0.15, -0.1) is 0 Å². The van der Waals surface area contributed by atoms with Crippen LogP contribution < -0.4 is 4.74 Å². The third kappa shape index (κ3) is 5.11. The van der Waals surface area contributed by atoms with E-state index in [9.17, 15) is 4.79 Å². The predicted octanol–water partition coefficient (Wildman–Crippen LogP) is 3.44. The van der Waals surface area contributed by atoms with Crippen LogP contribution in [0.3, 0.4) is 0 Å². The molecular formula is C25H34N2O5. The molecule has 0 N–H and O–H groups in total. The molecule has 0 spiro atoms. The van der Waals surface area contributed by atoms with Gasteiger partial charge in [0.1, 0.15) is 19.3 Å². The number of likely N-dealkylation sites (tertiary alicyclic amines) is 1. The summed E-state index contributed by atoms with van der Waals surface area (Å²) >= 11 is 0. The molecule has 7 heteroatoms. The lowest BCUT2D eigenvalue weighted by molar-refractivity contribution is -0.235. The summed E-state index contributed by atoms with van der Waals surface area (Å²) in [4.78, 5) is 19.7. The standard InChI is InChI=1S/C25H34N2O5/c1-18(2)11-23-25(32-17-30-4,24(28)27(23)16-29-3)14-21-13-22(31-5)20(15-26-21)12-19-9-7-6-8-10-19/h6-10,13,15,18,23H,11-12,14,16-17H2,1-5H3. The summed E-state index contributed by atoms with van der Waals surface area (Å²) in [6.07, 6.45) is 3.69. The molecule has 0 radical (unpaired) electrons. The Kier molecular flexibility index (Phi) is 8.23. The summed E-state index contributed by atoms with van der Waals surface area (Å²) in [6.45, 7) is 4.54. The number of pyridine rings is 1. The molecule has 1 amide bonds. The van der Waals surface area contributed by atoms with Crippen molar-refractivity contribution in [2.24, 2.45) is 5.92 Å². The molecule has 0 saturated carbocycles. The van der Waals surface area contributed by atoms with Gasteiger partial charge in [0, 0.05) is 50.6 Å². The summed E-state index contributed by atoms with van der Waals surface area (Å²) in [5.74, 6) is 1.03. The zero-order chi connectivity index (χ0) is 23.1. The highest BCUT2D eigenvalue weighted by atomic mass is 16.7. The molecule has 1 aliphatic heterocycles. The molecular weight excluding hydrogens is 408 g/mol. The van der Waals surface area contributed by atoms with E-state index >= 15 is 0 Å². The van der Waals surface area contributed by atoms with E-state index in [-0.39, 0.29) is 25.5 Å². The highest BCUT2D eigenvalue weighted by Gasteiger charge is 2.62. The van der Waals surface area contributed by atoms with E-state index in [1.807, 2.05) is 30.5 Å². The maximum absolute atomic E-state index is 13.2. The van der Waals surface area contributed by atoms with Crippen LogP contribution in [0.2, 0.25) is 0 Å². The van der Waals surface area contributed by atoms with E-state index in [0.717, 1.165) is 29.8 Å². The van der Waals surface area contributed by atoms with Crippen LogP contribution in [0.25, 0.3) is 0 Å². The first kappa shape index (κ1) is 24.2. The van der Waals surface area contributed by atoms with Crippen LogP contribution in [0.4, 0.5) is 0 Å². The minimum absolute atomic E-state index is 0.0321. The molecule has 2 aromatic rings. The van der Waals surface area contributed by atoms with Gasteiger partial charge in [0.2, 0.25) is 0 Å². The fraction of sp³-hybridized carbons (Fsp3) is 0.520. The van der Waals surface area contributed by atoms with Gasteiger partial charge in [-0.2, -0.15) is 0 Å². The van der Waals surface area contributed by atoms with Crippen LogP contribution in [0.1, 0.15) is 37.1 Å². The Morgan fingerprint density at radius 2 is 1.88 bits per heavy atom. The summed E-state index contributed by atoms with van der Waals surface area (Å²) < 4.78 is 22.2. The first-order valence-electron chi connectivity index (χ1n) is 10.9. The Hall–Kier alpha value is -2.48. The second-order valence-corrected chi connectivity index (χ2v) is 8.61. The molecule has 1 aromatic heterocycles. The average molecular weight is 443 g/mol. The normalized spacial score (nSPS) is 20.5. The Bertz CT molecular complexity index is 889. The average Bonchev–Trinajstić information content (AvgIpc) is 2.80. The van der Waals surface area contributed by atoms with E-state index in [4.69, 9.17) is 18.9 Å². The van der Waals surface area contributed by atoms with Gasteiger partial charge in [-0.05, 0) is 17.9 Å². The van der Waals surface area contributed by atoms with Gasteiger partial charge in [0.25, 0.3) is 5.91 Å². The van der Waals surface area contributed by atoms with Crippen molar-refractivity contribution >= 4 is 5.91 Å². The molecule has 2 atom stereocenters. The second-order valence-electron chi connectivity index (χ2n) is 8.61. The largest absolute Gasteiger partial charge is 0.496 e. The van der Waals surface area contributed by atoms with Crippen LogP contribution in [-0.4, -0.2) is 62.3 Å². The molecule has 32 heavy (non-hydrogen) atoms. The molecule has 0 aliphatic carbocycles. The maximum Gasteiger partial charge on any atom is 0.259 e. The SMILES string of the molecule is COCOC1(Cc2cc(OC)c(Cc3ccccc3)cn2)C(=O)N(COC)C1CC(C)C. The summed E-state index contributed by atoms with van der Waals surface area (Å²) in [5, 5.41) is 0. The number of rotatable bonds is 12. The van der Waals surface area contributed by atoms with Gasteiger partial charge in [0.15, 0.2) is 5.60 Å². The number of hydrogen-bond donors (Lipinski definition) is 0. The Balaban J connectivity index is 1.88. The number of carbonyl (C=O) groups excluding carboxylic acids is 1. The number of amides is 1. The minimum Gasteiger partial charge on any atom is -0.496 e. The summed E-state index contributed by atoms with van der Waals surface area (Å²) in [7, 11) is 4.80. The van der Waals surface area contributed by atoms with E-state index < -0.39 is 5.60 Å². The Morgan fingerprint density at radius 3 is 2.50 bits per heavy atom.